The first-order valence-electron chi connectivity index (χ1n) is 6.85. The third kappa shape index (κ3) is 5.73. The molecule has 0 aliphatic heterocycles. The smallest absolute Gasteiger partial charge is 0.224 e. The van der Waals surface area contributed by atoms with Crippen LogP contribution in [0.15, 0.2) is 24.3 Å². The molecule has 0 fully saturated rings. The maximum Gasteiger partial charge on any atom is 0.224 e. The van der Waals surface area contributed by atoms with Crippen molar-refractivity contribution in [1.82, 2.24) is 10.6 Å². The normalized spacial score (nSPS) is 11.7. The van der Waals surface area contributed by atoms with Gasteiger partial charge in [0.25, 0.3) is 0 Å². The molecule has 0 aliphatic carbocycles. The summed E-state index contributed by atoms with van der Waals surface area (Å²) in [5.41, 5.74) is 0.578. The van der Waals surface area contributed by atoms with Crippen LogP contribution in [0.4, 0.5) is 0 Å². The molecule has 1 rings (SSSR count). The van der Waals surface area contributed by atoms with E-state index in [-0.39, 0.29) is 36.4 Å². The largest absolute Gasteiger partial charge is 0.508 e. The topological polar surface area (TPSA) is 78.4 Å². The first kappa shape index (κ1) is 16.0. The second kappa shape index (κ2) is 8.19. The molecule has 5 nitrogen and oxygen atoms in total. The van der Waals surface area contributed by atoms with Gasteiger partial charge < -0.3 is 15.7 Å². The van der Waals surface area contributed by atoms with Crippen LogP contribution >= 0.6 is 0 Å². The molecule has 110 valence electrons. The van der Waals surface area contributed by atoms with Crippen LogP contribution in [0.1, 0.15) is 32.3 Å². The molecule has 3 N–H and O–H groups in total. The Morgan fingerprint density at radius 1 is 1.25 bits per heavy atom. The van der Waals surface area contributed by atoms with Gasteiger partial charge in [-0.2, -0.15) is 0 Å². The van der Waals surface area contributed by atoms with Crippen molar-refractivity contribution in [2.45, 2.75) is 39.2 Å². The number of carbonyl (C=O) groups is 2. The minimum Gasteiger partial charge on any atom is -0.508 e. The molecule has 0 bridgehead atoms. The van der Waals surface area contributed by atoms with Gasteiger partial charge in [0.1, 0.15) is 5.75 Å². The van der Waals surface area contributed by atoms with Crippen molar-refractivity contribution in [1.29, 1.82) is 0 Å². The van der Waals surface area contributed by atoms with Crippen molar-refractivity contribution in [3.05, 3.63) is 29.8 Å². The summed E-state index contributed by atoms with van der Waals surface area (Å²) >= 11 is 0. The molecule has 1 atom stereocenters. The summed E-state index contributed by atoms with van der Waals surface area (Å²) in [6, 6.07) is 6.87. The van der Waals surface area contributed by atoms with Crippen LogP contribution in [0.25, 0.3) is 0 Å². The second-order valence-electron chi connectivity index (χ2n) is 4.78. The maximum atomic E-state index is 11.7. The van der Waals surface area contributed by atoms with E-state index in [2.05, 4.69) is 10.6 Å². The van der Waals surface area contributed by atoms with Crippen LogP contribution in [0.2, 0.25) is 0 Å². The summed E-state index contributed by atoms with van der Waals surface area (Å²) in [7, 11) is 0. The van der Waals surface area contributed by atoms with Crippen LogP contribution in [0.5, 0.6) is 5.75 Å². The Morgan fingerprint density at radius 3 is 2.60 bits per heavy atom. The van der Waals surface area contributed by atoms with E-state index in [1.54, 1.807) is 24.3 Å². The average molecular weight is 278 g/mol. The molecule has 1 aromatic rings. The Kier molecular flexibility index (Phi) is 6.56. The van der Waals surface area contributed by atoms with Crippen LogP contribution in [0, 0.1) is 0 Å². The van der Waals surface area contributed by atoms with Crippen molar-refractivity contribution in [3.8, 4) is 5.75 Å². The van der Waals surface area contributed by atoms with E-state index in [4.69, 9.17) is 0 Å². The molecule has 5 heteroatoms. The fraction of sp³-hybridized carbons (Fsp3) is 0.467. The Labute approximate surface area is 119 Å². The van der Waals surface area contributed by atoms with E-state index in [9.17, 15) is 14.7 Å². The highest BCUT2D eigenvalue weighted by Gasteiger charge is 2.08. The van der Waals surface area contributed by atoms with E-state index in [0.29, 0.717) is 12.1 Å². The summed E-state index contributed by atoms with van der Waals surface area (Å²) in [5.74, 6) is -0.165. The van der Waals surface area contributed by atoms with Crippen LogP contribution in [0.3, 0.4) is 0 Å². The third-order valence-electron chi connectivity index (χ3n) is 3.04. The summed E-state index contributed by atoms with van der Waals surface area (Å²) < 4.78 is 0. The molecule has 0 aromatic heterocycles. The van der Waals surface area contributed by atoms with E-state index in [1.807, 2.05) is 13.8 Å². The molecule has 20 heavy (non-hydrogen) atoms. The maximum absolute atomic E-state index is 11.7. The molecule has 0 spiro atoms. The molecule has 0 radical (unpaired) electrons. The summed E-state index contributed by atoms with van der Waals surface area (Å²) in [6.07, 6.45) is 1.25. The fourth-order valence-corrected chi connectivity index (χ4v) is 1.66. The highest BCUT2D eigenvalue weighted by molar-refractivity contribution is 5.81. The van der Waals surface area contributed by atoms with Gasteiger partial charge in [0.2, 0.25) is 11.8 Å². The SMILES string of the molecule is CCC(C)NC(=O)CCNC(=O)Cc1ccccc1O. The second-order valence-corrected chi connectivity index (χ2v) is 4.78. The van der Waals surface area contributed by atoms with Crippen LogP contribution in [-0.2, 0) is 16.0 Å². The number of hydrogen-bond acceptors (Lipinski definition) is 3. The standard InChI is InChI=1S/C15H22N2O3/c1-3-11(2)17-14(19)8-9-16-15(20)10-12-6-4-5-7-13(12)18/h4-7,11,18H,3,8-10H2,1-2H3,(H,16,20)(H,17,19). The van der Waals surface area contributed by atoms with Crippen molar-refractivity contribution in [2.24, 2.45) is 0 Å². The average Bonchev–Trinajstić information content (AvgIpc) is 2.41. The lowest BCUT2D eigenvalue weighted by Gasteiger charge is -2.11. The van der Waals surface area contributed by atoms with Crippen molar-refractivity contribution in [3.63, 3.8) is 0 Å². The first-order valence-corrected chi connectivity index (χ1v) is 6.85. The predicted octanol–water partition coefficient (Wildman–Crippen LogP) is 1.36. The molecule has 0 saturated carbocycles. The van der Waals surface area contributed by atoms with Gasteiger partial charge in [-0.15, -0.1) is 0 Å². The molecule has 1 unspecified atom stereocenters. The van der Waals surface area contributed by atoms with E-state index in [1.165, 1.54) is 0 Å². The molecule has 0 aliphatic rings. The molecular weight excluding hydrogens is 256 g/mol. The zero-order valence-corrected chi connectivity index (χ0v) is 12.0. The van der Waals surface area contributed by atoms with Gasteiger partial charge in [-0.3, -0.25) is 9.59 Å². The Morgan fingerprint density at radius 2 is 1.95 bits per heavy atom. The van der Waals surface area contributed by atoms with Gasteiger partial charge in [-0.05, 0) is 19.4 Å². The molecular formula is C15H22N2O3. The van der Waals surface area contributed by atoms with Crippen molar-refractivity contribution < 1.29 is 14.7 Å². The lowest BCUT2D eigenvalue weighted by atomic mass is 10.1. The van der Waals surface area contributed by atoms with Gasteiger partial charge in [-0.25, -0.2) is 0 Å². The summed E-state index contributed by atoms with van der Waals surface area (Å²) in [6.45, 7) is 4.24. The number of hydrogen-bond donors (Lipinski definition) is 3. The molecule has 0 heterocycles. The lowest BCUT2D eigenvalue weighted by molar-refractivity contribution is -0.122. The number of amides is 2. The molecule has 2 amide bonds. The summed E-state index contributed by atoms with van der Waals surface area (Å²) in [4.78, 5) is 23.2. The molecule has 0 saturated heterocycles. The minimum atomic E-state index is -0.206. The first-order chi connectivity index (χ1) is 9.52. The van der Waals surface area contributed by atoms with Gasteiger partial charge >= 0.3 is 0 Å². The van der Waals surface area contributed by atoms with E-state index in [0.717, 1.165) is 6.42 Å². The highest BCUT2D eigenvalue weighted by Crippen LogP contribution is 2.15. The quantitative estimate of drug-likeness (QED) is 0.704. The number of phenolic OH excluding ortho intramolecular Hbond substituents is 1. The van der Waals surface area contributed by atoms with E-state index < -0.39 is 0 Å². The van der Waals surface area contributed by atoms with Gasteiger partial charge in [0.15, 0.2) is 0 Å². The number of phenols is 1. The number of rotatable bonds is 7. The van der Waals surface area contributed by atoms with Gasteiger partial charge in [0.05, 0.1) is 6.42 Å². The van der Waals surface area contributed by atoms with Gasteiger partial charge in [0, 0.05) is 24.6 Å². The Bertz CT molecular complexity index is 460. The Balaban J connectivity index is 2.27. The van der Waals surface area contributed by atoms with E-state index >= 15 is 0 Å². The van der Waals surface area contributed by atoms with Crippen molar-refractivity contribution >= 4 is 11.8 Å². The predicted molar refractivity (Wildman–Crippen MR) is 77.3 cm³/mol. The zero-order chi connectivity index (χ0) is 15.0. The van der Waals surface area contributed by atoms with Gasteiger partial charge in [-0.1, -0.05) is 25.1 Å². The Hall–Kier alpha value is -2.04. The monoisotopic (exact) mass is 278 g/mol. The highest BCUT2D eigenvalue weighted by atomic mass is 16.3. The number of para-hydroxylation sites is 1. The number of nitrogens with one attached hydrogen (secondary N) is 2. The third-order valence-corrected chi connectivity index (χ3v) is 3.04. The fourth-order valence-electron chi connectivity index (χ4n) is 1.66. The van der Waals surface area contributed by atoms with Crippen LogP contribution in [-0.4, -0.2) is 29.5 Å². The number of carbonyl (C=O) groups excluding carboxylic acids is 2. The van der Waals surface area contributed by atoms with Crippen molar-refractivity contribution in [2.75, 3.05) is 6.54 Å². The van der Waals surface area contributed by atoms with Crippen LogP contribution < -0.4 is 10.6 Å². The minimum absolute atomic E-state index is 0.0674. The lowest BCUT2D eigenvalue weighted by Crippen LogP contribution is -2.35. The number of benzene rings is 1. The summed E-state index contributed by atoms with van der Waals surface area (Å²) in [5, 5.41) is 15.1. The zero-order valence-electron chi connectivity index (χ0n) is 12.0. The molecule has 1 aromatic carbocycles. The number of aromatic hydroxyl groups is 1.